The first kappa shape index (κ1) is 46.3. The number of carbonyl (C=O) groups excluding carboxylic acids is 3. The Morgan fingerprint density at radius 1 is 0.879 bits per heavy atom. The van der Waals surface area contributed by atoms with Crippen molar-refractivity contribution in [3.63, 3.8) is 0 Å². The van der Waals surface area contributed by atoms with Crippen LogP contribution in [0.5, 0.6) is 5.75 Å². The van der Waals surface area contributed by atoms with Gasteiger partial charge in [-0.2, -0.15) is 0 Å². The highest BCUT2D eigenvalue weighted by molar-refractivity contribution is 6.07. The highest BCUT2D eigenvalue weighted by Gasteiger charge is 2.44. The lowest BCUT2D eigenvalue weighted by Crippen LogP contribution is -2.52. The second-order valence-electron chi connectivity index (χ2n) is 18.3. The van der Waals surface area contributed by atoms with Crippen LogP contribution in [-0.4, -0.2) is 131 Å². The van der Waals surface area contributed by atoms with Crippen molar-refractivity contribution in [2.45, 2.75) is 84.2 Å². The number of imidazole rings is 2. The number of amides is 4. The van der Waals surface area contributed by atoms with E-state index in [9.17, 15) is 24.3 Å². The minimum Gasteiger partial charge on any atom is -0.488 e. The number of aromatic amines is 2. The summed E-state index contributed by atoms with van der Waals surface area (Å²) in [6, 6.07) is 12.2. The summed E-state index contributed by atoms with van der Waals surface area (Å²) in [6.07, 6.45) is 2.63. The van der Waals surface area contributed by atoms with Gasteiger partial charge in [0.1, 0.15) is 36.1 Å². The summed E-state index contributed by atoms with van der Waals surface area (Å²) in [5.41, 5.74) is 6.37. The monoisotopic (exact) mass is 906 g/mol. The first-order valence-corrected chi connectivity index (χ1v) is 23.0. The lowest BCUT2D eigenvalue weighted by molar-refractivity contribution is -0.139. The van der Waals surface area contributed by atoms with Gasteiger partial charge in [-0.3, -0.25) is 14.5 Å². The molecule has 2 fully saturated rings. The number of carboxylic acid groups (broad SMARTS) is 1. The van der Waals surface area contributed by atoms with E-state index in [-0.39, 0.29) is 47.6 Å². The van der Waals surface area contributed by atoms with Gasteiger partial charge in [0, 0.05) is 57.1 Å². The Kier molecular flexibility index (Phi) is 13.6. The zero-order chi connectivity index (χ0) is 47.0. The predicted molar refractivity (Wildman–Crippen MR) is 248 cm³/mol. The summed E-state index contributed by atoms with van der Waals surface area (Å²) in [5.74, 6) is 1.52. The molecule has 0 spiro atoms. The fourth-order valence-electron chi connectivity index (χ4n) is 10.2. The van der Waals surface area contributed by atoms with Crippen molar-refractivity contribution in [1.29, 1.82) is 0 Å². The Labute approximate surface area is 384 Å². The number of aromatic nitrogens is 4. The van der Waals surface area contributed by atoms with Crippen LogP contribution in [0.1, 0.15) is 82.7 Å². The Morgan fingerprint density at radius 2 is 1.56 bits per heavy atom. The number of rotatable bonds is 15. The van der Waals surface area contributed by atoms with Gasteiger partial charge in [-0.25, -0.2) is 19.6 Å². The molecule has 8 rings (SSSR count). The van der Waals surface area contributed by atoms with Crippen LogP contribution in [-0.2, 0) is 30.4 Å². The van der Waals surface area contributed by atoms with E-state index in [0.717, 1.165) is 60.4 Å². The molecule has 3 aliphatic heterocycles. The molecule has 4 amide bonds. The fraction of sp³-hybridized carbons (Fsp3) is 0.510. The van der Waals surface area contributed by atoms with E-state index < -0.39 is 24.3 Å². The molecule has 2 aromatic heterocycles. The first-order valence-electron chi connectivity index (χ1n) is 23.0. The topological polar surface area (TPSA) is 205 Å². The molecule has 0 bridgehead atoms. The SMILES string of the molecule is CC[C@H](C)[C@H](NC(=O)OC)C(=O)N1C[C@@H](COC)C[C@H]1c1nc2ccc3cc4c(cc3c2[nH]1)OCc1cc(-c2cnc([C@@H]3C[C@H](COC)CN3C(=O)[C@H]([C@@H](C)CC)N(C)C(=O)O)[nH]2)ccc1-4. The molecule has 8 atom stereocenters. The molecule has 17 nitrogen and oxygen atoms in total. The smallest absolute Gasteiger partial charge is 0.407 e. The standard InChI is InChI=1S/C49H62N8O9/c1-9-26(3)41(54-48(60)65-8)46(58)56-21-29(24-64-7)16-39(56)45-51-36-14-12-30-18-35-33-13-11-31(17-32(33)25-66-40(35)19-34(30)42(36)53-45)37-20-50-44(52-37)38-15-28(23-63-6)22-57(38)47(59)43(27(4)10-2)55(5)49(61)62/h11-14,17-20,26-29,38-39,41,43H,9-10,15-16,21-25H2,1-8H3,(H,50,52)(H,51,53)(H,54,60)(H,61,62)/t26-,27-,28-,29-,38-,39-,41-,43-/m0/s1. The van der Waals surface area contributed by atoms with Gasteiger partial charge in [-0.1, -0.05) is 58.7 Å². The largest absolute Gasteiger partial charge is 0.488 e. The van der Waals surface area contributed by atoms with Gasteiger partial charge in [0.25, 0.3) is 0 Å². The number of hydrogen-bond donors (Lipinski definition) is 4. The summed E-state index contributed by atoms with van der Waals surface area (Å²) in [4.78, 5) is 74.5. The van der Waals surface area contributed by atoms with Crippen LogP contribution in [0, 0.1) is 23.7 Å². The average Bonchev–Trinajstić information content (AvgIpc) is 4.15. The summed E-state index contributed by atoms with van der Waals surface area (Å²) in [5, 5.41) is 14.6. The van der Waals surface area contributed by atoms with Crippen LogP contribution in [0.4, 0.5) is 9.59 Å². The van der Waals surface area contributed by atoms with Crippen molar-refractivity contribution in [1.82, 2.24) is 40.0 Å². The number of hydrogen-bond acceptors (Lipinski definition) is 10. The van der Waals surface area contributed by atoms with Crippen LogP contribution in [0.2, 0.25) is 0 Å². The molecule has 3 aromatic carbocycles. The maximum atomic E-state index is 14.2. The zero-order valence-corrected chi connectivity index (χ0v) is 39.1. The van der Waals surface area contributed by atoms with Crippen molar-refractivity contribution in [3.05, 3.63) is 65.9 Å². The molecule has 17 heteroatoms. The van der Waals surface area contributed by atoms with E-state index >= 15 is 0 Å². The Morgan fingerprint density at radius 3 is 2.21 bits per heavy atom. The third-order valence-electron chi connectivity index (χ3n) is 14.1. The Hall–Kier alpha value is -6.20. The van der Waals surface area contributed by atoms with Gasteiger partial charge in [-0.15, -0.1) is 0 Å². The maximum absolute atomic E-state index is 14.2. The molecular weight excluding hydrogens is 845 g/mol. The molecule has 66 heavy (non-hydrogen) atoms. The van der Waals surface area contributed by atoms with Gasteiger partial charge >= 0.3 is 12.2 Å². The second-order valence-corrected chi connectivity index (χ2v) is 18.3. The van der Waals surface area contributed by atoms with Crippen molar-refractivity contribution < 1.29 is 43.2 Å². The summed E-state index contributed by atoms with van der Waals surface area (Å²) in [7, 11) is 6.06. The minimum absolute atomic E-state index is 0.0708. The number of H-pyrrole nitrogens is 2. The van der Waals surface area contributed by atoms with Crippen LogP contribution in [0.15, 0.2) is 48.7 Å². The number of ether oxygens (including phenoxy) is 4. The lowest BCUT2D eigenvalue weighted by atomic mass is 9.92. The molecule has 2 saturated heterocycles. The van der Waals surface area contributed by atoms with Crippen molar-refractivity contribution >= 4 is 45.8 Å². The van der Waals surface area contributed by atoms with E-state index in [2.05, 4.69) is 51.7 Å². The third kappa shape index (κ3) is 8.77. The molecule has 0 unspecified atom stereocenters. The summed E-state index contributed by atoms with van der Waals surface area (Å²) < 4.78 is 22.4. The molecular formula is C49H62N8O9. The average molecular weight is 907 g/mol. The molecule has 5 aromatic rings. The van der Waals surface area contributed by atoms with E-state index in [1.165, 1.54) is 14.2 Å². The Bertz CT molecular complexity index is 2610. The third-order valence-corrected chi connectivity index (χ3v) is 14.1. The van der Waals surface area contributed by atoms with Gasteiger partial charge < -0.3 is 49.1 Å². The van der Waals surface area contributed by atoms with Gasteiger partial charge in [0.15, 0.2) is 0 Å². The zero-order valence-electron chi connectivity index (χ0n) is 39.1. The number of nitrogens with one attached hydrogen (secondary N) is 3. The molecule has 352 valence electrons. The highest BCUT2D eigenvalue weighted by atomic mass is 16.5. The van der Waals surface area contributed by atoms with Gasteiger partial charge in [0.05, 0.1) is 55.3 Å². The molecule has 0 radical (unpaired) electrons. The fourth-order valence-corrected chi connectivity index (χ4v) is 10.2. The normalized spacial score (nSPS) is 20.9. The van der Waals surface area contributed by atoms with Crippen LogP contribution in [0.25, 0.3) is 44.2 Å². The number of methoxy groups -OCH3 is 3. The molecule has 5 heterocycles. The van der Waals surface area contributed by atoms with Crippen molar-refractivity contribution in [2.75, 3.05) is 54.7 Å². The summed E-state index contributed by atoms with van der Waals surface area (Å²) >= 11 is 0. The van der Waals surface area contributed by atoms with Gasteiger partial charge in [0.2, 0.25) is 11.8 Å². The minimum atomic E-state index is -1.14. The van der Waals surface area contributed by atoms with Crippen molar-refractivity contribution in [3.8, 4) is 28.1 Å². The molecule has 0 saturated carbocycles. The van der Waals surface area contributed by atoms with E-state index in [0.29, 0.717) is 70.2 Å². The Balaban J connectivity index is 1.06. The maximum Gasteiger partial charge on any atom is 0.407 e. The number of carbonyl (C=O) groups is 4. The van der Waals surface area contributed by atoms with Crippen LogP contribution in [0.3, 0.4) is 0 Å². The first-order chi connectivity index (χ1) is 31.8. The molecule has 3 aliphatic rings. The van der Waals surface area contributed by atoms with E-state index in [1.807, 2.05) is 38.7 Å². The molecule has 0 aliphatic carbocycles. The number of benzene rings is 3. The lowest BCUT2D eigenvalue weighted by Gasteiger charge is -2.34. The summed E-state index contributed by atoms with van der Waals surface area (Å²) in [6.45, 7) is 10.0. The number of alkyl carbamates (subject to hydrolysis) is 1. The number of likely N-dealkylation sites (tertiary alicyclic amines) is 2. The van der Waals surface area contributed by atoms with E-state index in [4.69, 9.17) is 28.9 Å². The number of fused-ring (bicyclic) bond motifs is 6. The number of nitrogens with zero attached hydrogens (tertiary/aromatic N) is 5. The van der Waals surface area contributed by atoms with Crippen LogP contribution >= 0.6 is 0 Å². The van der Waals surface area contributed by atoms with Crippen molar-refractivity contribution in [2.24, 2.45) is 23.7 Å². The quantitative estimate of drug-likeness (QED) is 0.0808. The number of likely N-dealkylation sites (N-methyl/N-ethyl adjacent to an activating group) is 1. The predicted octanol–water partition coefficient (Wildman–Crippen LogP) is 7.53. The molecule has 4 N–H and O–H groups in total. The van der Waals surface area contributed by atoms with Gasteiger partial charge in [-0.05, 0) is 71.0 Å². The second kappa shape index (κ2) is 19.3. The van der Waals surface area contributed by atoms with E-state index in [1.54, 1.807) is 25.3 Å². The van der Waals surface area contributed by atoms with Crippen LogP contribution < -0.4 is 10.1 Å². The highest BCUT2D eigenvalue weighted by Crippen LogP contribution is 2.44.